The molecular formula is C11H14IN3. The van der Waals surface area contributed by atoms with Crippen LogP contribution in [0.3, 0.4) is 0 Å². The highest BCUT2D eigenvalue weighted by molar-refractivity contribution is 14.1. The molecule has 15 heavy (non-hydrogen) atoms. The maximum absolute atomic E-state index is 4.27. The van der Waals surface area contributed by atoms with Crippen molar-refractivity contribution in [2.24, 2.45) is 10.3 Å². The van der Waals surface area contributed by atoms with E-state index >= 15 is 0 Å². The second-order valence-corrected chi connectivity index (χ2v) is 4.97. The van der Waals surface area contributed by atoms with Crippen LogP contribution in [0.25, 0.3) is 0 Å². The van der Waals surface area contributed by atoms with E-state index in [4.69, 9.17) is 0 Å². The van der Waals surface area contributed by atoms with E-state index in [0.717, 1.165) is 22.3 Å². The van der Waals surface area contributed by atoms with Gasteiger partial charge in [-0.2, -0.15) is 0 Å². The van der Waals surface area contributed by atoms with Crippen molar-refractivity contribution in [1.82, 2.24) is 5.01 Å². The van der Waals surface area contributed by atoms with Crippen molar-refractivity contribution >= 4 is 28.3 Å². The maximum Gasteiger partial charge on any atom is 0.101 e. The molecule has 3 nitrogen and oxygen atoms in total. The fraction of sp³-hybridized carbons (Fsp3) is 0.455. The van der Waals surface area contributed by atoms with Gasteiger partial charge in [0.2, 0.25) is 0 Å². The molecule has 1 aliphatic heterocycles. The van der Waals surface area contributed by atoms with Crippen LogP contribution >= 0.6 is 22.6 Å². The second-order valence-electron chi connectivity index (χ2n) is 3.81. The topological polar surface area (TPSA) is 28.0 Å². The van der Waals surface area contributed by atoms with Gasteiger partial charge in [0, 0.05) is 16.7 Å². The quantitative estimate of drug-likeness (QED) is 0.604. The van der Waals surface area contributed by atoms with Gasteiger partial charge in [-0.05, 0) is 60.1 Å². The zero-order chi connectivity index (χ0) is 10.7. The first kappa shape index (κ1) is 10.9. The lowest BCUT2D eigenvalue weighted by Crippen LogP contribution is -2.09. The number of nitrogens with zero attached hydrogens (tertiary/aromatic N) is 3. The van der Waals surface area contributed by atoms with E-state index in [0.29, 0.717) is 0 Å². The van der Waals surface area contributed by atoms with Gasteiger partial charge in [0.25, 0.3) is 0 Å². The fourth-order valence-corrected chi connectivity index (χ4v) is 2.37. The summed E-state index contributed by atoms with van der Waals surface area (Å²) in [5, 5.41) is 10.5. The Labute approximate surface area is 104 Å². The van der Waals surface area contributed by atoms with Crippen LogP contribution in [0.2, 0.25) is 0 Å². The molecular weight excluding hydrogens is 301 g/mol. The average Bonchev–Trinajstić information content (AvgIpc) is 2.69. The molecule has 1 saturated heterocycles. The normalized spacial score (nSPS) is 16.5. The molecule has 0 aromatic heterocycles. The molecule has 1 aromatic rings. The number of hydrogen-bond donors (Lipinski definition) is 0. The van der Waals surface area contributed by atoms with Crippen LogP contribution in [0.5, 0.6) is 0 Å². The third-order valence-electron chi connectivity index (χ3n) is 2.46. The minimum atomic E-state index is 0.966. The van der Waals surface area contributed by atoms with E-state index in [9.17, 15) is 0 Å². The molecule has 1 fully saturated rings. The highest BCUT2D eigenvalue weighted by atomic mass is 127. The molecule has 0 aliphatic carbocycles. The molecule has 80 valence electrons. The summed E-state index contributed by atoms with van der Waals surface area (Å²) in [4.78, 5) is 0. The van der Waals surface area contributed by atoms with Gasteiger partial charge in [-0.3, -0.25) is 5.01 Å². The Kier molecular flexibility index (Phi) is 3.56. The first-order valence-corrected chi connectivity index (χ1v) is 6.26. The first-order chi connectivity index (χ1) is 7.25. The summed E-state index contributed by atoms with van der Waals surface area (Å²) in [7, 11) is 0. The summed E-state index contributed by atoms with van der Waals surface area (Å²) in [6.07, 6.45) is 2.48. The van der Waals surface area contributed by atoms with E-state index < -0.39 is 0 Å². The maximum atomic E-state index is 4.27. The van der Waals surface area contributed by atoms with E-state index in [-0.39, 0.29) is 0 Å². The summed E-state index contributed by atoms with van der Waals surface area (Å²) >= 11 is 2.30. The van der Waals surface area contributed by atoms with Crippen LogP contribution in [0.4, 0.5) is 5.69 Å². The number of rotatable bonds is 2. The summed E-state index contributed by atoms with van der Waals surface area (Å²) in [5.41, 5.74) is 2.23. The lowest BCUT2D eigenvalue weighted by Gasteiger charge is -2.07. The Morgan fingerprint density at radius 1 is 1.27 bits per heavy atom. The minimum Gasteiger partial charge on any atom is -0.278 e. The monoisotopic (exact) mass is 315 g/mol. The van der Waals surface area contributed by atoms with Crippen molar-refractivity contribution < 1.29 is 0 Å². The molecule has 0 saturated carbocycles. The SMILES string of the molecule is Cc1ccc(N=NN2CCCC2)c(I)c1. The predicted octanol–water partition coefficient (Wildman–Crippen LogP) is 3.69. The van der Waals surface area contributed by atoms with Crippen molar-refractivity contribution in [3.8, 4) is 0 Å². The van der Waals surface area contributed by atoms with Gasteiger partial charge in [0.15, 0.2) is 0 Å². The molecule has 0 atom stereocenters. The van der Waals surface area contributed by atoms with Crippen LogP contribution in [0, 0.1) is 10.5 Å². The predicted molar refractivity (Wildman–Crippen MR) is 69.2 cm³/mol. The zero-order valence-corrected chi connectivity index (χ0v) is 10.9. The smallest absolute Gasteiger partial charge is 0.101 e. The fourth-order valence-electron chi connectivity index (χ4n) is 1.59. The summed E-state index contributed by atoms with van der Waals surface area (Å²) < 4.78 is 1.16. The summed E-state index contributed by atoms with van der Waals surface area (Å²) in [5.74, 6) is 0. The molecule has 0 unspecified atom stereocenters. The van der Waals surface area contributed by atoms with Gasteiger partial charge in [0.1, 0.15) is 5.69 Å². The Morgan fingerprint density at radius 3 is 2.67 bits per heavy atom. The highest BCUT2D eigenvalue weighted by Gasteiger charge is 2.08. The molecule has 1 aromatic carbocycles. The van der Waals surface area contributed by atoms with Gasteiger partial charge < -0.3 is 0 Å². The van der Waals surface area contributed by atoms with Crippen LogP contribution in [0.15, 0.2) is 28.5 Å². The van der Waals surface area contributed by atoms with Crippen LogP contribution in [0.1, 0.15) is 18.4 Å². The molecule has 0 radical (unpaired) electrons. The van der Waals surface area contributed by atoms with Gasteiger partial charge in [0.05, 0.1) is 0 Å². The third kappa shape index (κ3) is 2.90. The lowest BCUT2D eigenvalue weighted by molar-refractivity contribution is 0.336. The number of aryl methyl sites for hydroxylation is 1. The van der Waals surface area contributed by atoms with Gasteiger partial charge in [-0.15, -0.1) is 5.11 Å². The molecule has 4 heteroatoms. The minimum absolute atomic E-state index is 0.966. The molecule has 0 spiro atoms. The Bertz CT molecular complexity index is 370. The Balaban J connectivity index is 2.09. The van der Waals surface area contributed by atoms with Crippen molar-refractivity contribution in [3.05, 3.63) is 27.3 Å². The molecule has 1 aliphatic rings. The lowest BCUT2D eigenvalue weighted by atomic mass is 10.2. The van der Waals surface area contributed by atoms with Crippen molar-refractivity contribution in [1.29, 1.82) is 0 Å². The number of hydrogen-bond acceptors (Lipinski definition) is 2. The molecule has 2 rings (SSSR count). The van der Waals surface area contributed by atoms with Crippen LogP contribution in [-0.2, 0) is 0 Å². The largest absolute Gasteiger partial charge is 0.278 e. The van der Waals surface area contributed by atoms with Gasteiger partial charge >= 0.3 is 0 Å². The molecule has 0 N–H and O–H groups in total. The van der Waals surface area contributed by atoms with Crippen LogP contribution in [-0.4, -0.2) is 18.1 Å². The molecule has 1 heterocycles. The summed E-state index contributed by atoms with van der Waals surface area (Å²) in [6, 6.07) is 6.22. The highest BCUT2D eigenvalue weighted by Crippen LogP contribution is 2.23. The number of halogens is 1. The Morgan fingerprint density at radius 2 is 2.00 bits per heavy atom. The van der Waals surface area contributed by atoms with E-state index in [1.807, 2.05) is 11.1 Å². The molecule has 0 amide bonds. The standard InChI is InChI=1S/C11H14IN3/c1-9-4-5-11(10(12)8-9)13-14-15-6-2-3-7-15/h4-5,8H,2-3,6-7H2,1H3. The zero-order valence-electron chi connectivity index (χ0n) is 8.78. The van der Waals surface area contributed by atoms with Crippen molar-refractivity contribution in [2.45, 2.75) is 19.8 Å². The summed E-state index contributed by atoms with van der Waals surface area (Å²) in [6.45, 7) is 4.18. The van der Waals surface area contributed by atoms with E-state index in [1.165, 1.54) is 18.4 Å². The van der Waals surface area contributed by atoms with Crippen molar-refractivity contribution in [3.63, 3.8) is 0 Å². The van der Waals surface area contributed by atoms with Crippen LogP contribution < -0.4 is 0 Å². The number of benzene rings is 1. The first-order valence-electron chi connectivity index (χ1n) is 5.18. The van der Waals surface area contributed by atoms with Gasteiger partial charge in [-0.25, -0.2) is 0 Å². The van der Waals surface area contributed by atoms with E-state index in [2.05, 4.69) is 52.0 Å². The van der Waals surface area contributed by atoms with Gasteiger partial charge in [-0.1, -0.05) is 11.3 Å². The second kappa shape index (κ2) is 4.92. The van der Waals surface area contributed by atoms with Crippen molar-refractivity contribution in [2.75, 3.05) is 13.1 Å². The molecule has 0 bridgehead atoms. The Hall–Kier alpha value is -0.650. The average molecular weight is 315 g/mol. The van der Waals surface area contributed by atoms with E-state index in [1.54, 1.807) is 0 Å². The third-order valence-corrected chi connectivity index (χ3v) is 3.33.